The van der Waals surface area contributed by atoms with E-state index in [1.807, 2.05) is 0 Å². The van der Waals surface area contributed by atoms with Gasteiger partial charge in [0.1, 0.15) is 0 Å². The maximum absolute atomic E-state index is 13.0. The van der Waals surface area contributed by atoms with Crippen LogP contribution in [0.15, 0.2) is 41.3 Å². The number of sulfonamides is 1. The predicted molar refractivity (Wildman–Crippen MR) is 107 cm³/mol. The minimum Gasteiger partial charge on any atom is -0.493 e. The van der Waals surface area contributed by atoms with Gasteiger partial charge in [0.2, 0.25) is 0 Å². The van der Waals surface area contributed by atoms with Crippen molar-refractivity contribution in [2.75, 3.05) is 32.0 Å². The second kappa shape index (κ2) is 8.10. The molecule has 1 heterocycles. The van der Waals surface area contributed by atoms with E-state index in [9.17, 15) is 13.2 Å². The number of ether oxygens (including phenoxy) is 2. The summed E-state index contributed by atoms with van der Waals surface area (Å²) in [6.45, 7) is 3.15. The van der Waals surface area contributed by atoms with Crippen LogP contribution in [0.3, 0.4) is 0 Å². The third-order valence-electron chi connectivity index (χ3n) is 4.80. The summed E-state index contributed by atoms with van der Waals surface area (Å²) in [6.07, 6.45) is 1.93. The number of hydrogen-bond donors (Lipinski definition) is 1. The van der Waals surface area contributed by atoms with Gasteiger partial charge in [-0.3, -0.25) is 9.52 Å². The molecule has 150 valence electrons. The Balaban J connectivity index is 1.97. The number of rotatable bonds is 6. The number of hydrogen-bond acceptors (Lipinski definition) is 5. The SMILES string of the molecule is COc1ccc(S(=O)(=O)Nc2c(C)cccc2C(=O)N2CCCC2)cc1OC. The summed E-state index contributed by atoms with van der Waals surface area (Å²) in [7, 11) is -1.01. The monoisotopic (exact) mass is 404 g/mol. The average Bonchev–Trinajstić information content (AvgIpc) is 3.23. The fourth-order valence-corrected chi connectivity index (χ4v) is 4.42. The maximum Gasteiger partial charge on any atom is 0.262 e. The highest BCUT2D eigenvalue weighted by molar-refractivity contribution is 7.92. The zero-order chi connectivity index (χ0) is 20.3. The average molecular weight is 404 g/mol. The van der Waals surface area contributed by atoms with Crippen LogP contribution >= 0.6 is 0 Å². The molecule has 7 nitrogen and oxygen atoms in total. The molecule has 1 aliphatic heterocycles. The van der Waals surface area contributed by atoms with E-state index in [4.69, 9.17) is 9.47 Å². The molecule has 0 unspecified atom stereocenters. The molecule has 1 N–H and O–H groups in total. The number of anilines is 1. The van der Waals surface area contributed by atoms with Gasteiger partial charge in [-0.25, -0.2) is 8.42 Å². The number of nitrogens with zero attached hydrogens (tertiary/aromatic N) is 1. The Morgan fingerprint density at radius 1 is 1.04 bits per heavy atom. The molecule has 1 aliphatic rings. The van der Waals surface area contributed by atoms with Gasteiger partial charge in [-0.15, -0.1) is 0 Å². The van der Waals surface area contributed by atoms with Crippen molar-refractivity contribution in [1.82, 2.24) is 4.90 Å². The van der Waals surface area contributed by atoms with Crippen molar-refractivity contribution in [2.24, 2.45) is 0 Å². The summed E-state index contributed by atoms with van der Waals surface area (Å²) in [5, 5.41) is 0. The van der Waals surface area contributed by atoms with Crippen LogP contribution in [-0.4, -0.2) is 46.5 Å². The van der Waals surface area contributed by atoms with E-state index in [0.29, 0.717) is 41.4 Å². The molecule has 1 fully saturated rings. The highest BCUT2D eigenvalue weighted by Crippen LogP contribution is 2.31. The van der Waals surface area contributed by atoms with Gasteiger partial charge < -0.3 is 14.4 Å². The van der Waals surface area contributed by atoms with E-state index in [2.05, 4.69) is 4.72 Å². The lowest BCUT2D eigenvalue weighted by molar-refractivity contribution is 0.0794. The number of carbonyl (C=O) groups excluding carboxylic acids is 1. The summed E-state index contributed by atoms with van der Waals surface area (Å²) >= 11 is 0. The lowest BCUT2D eigenvalue weighted by atomic mass is 10.1. The smallest absolute Gasteiger partial charge is 0.262 e. The summed E-state index contributed by atoms with van der Waals surface area (Å²) in [5.41, 5.74) is 1.33. The first-order chi connectivity index (χ1) is 13.4. The molecule has 1 saturated heterocycles. The Morgan fingerprint density at radius 3 is 2.36 bits per heavy atom. The van der Waals surface area contributed by atoms with Gasteiger partial charge >= 0.3 is 0 Å². The number of benzene rings is 2. The molecule has 0 aliphatic carbocycles. The maximum atomic E-state index is 13.0. The van der Waals surface area contributed by atoms with Crippen LogP contribution in [-0.2, 0) is 10.0 Å². The van der Waals surface area contributed by atoms with Crippen LogP contribution in [0.4, 0.5) is 5.69 Å². The van der Waals surface area contributed by atoms with Crippen LogP contribution in [0.25, 0.3) is 0 Å². The molecule has 0 radical (unpaired) electrons. The lowest BCUT2D eigenvalue weighted by Crippen LogP contribution is -2.29. The number of nitrogens with one attached hydrogen (secondary N) is 1. The lowest BCUT2D eigenvalue weighted by Gasteiger charge is -2.20. The second-order valence-electron chi connectivity index (χ2n) is 6.62. The van der Waals surface area contributed by atoms with Crippen molar-refractivity contribution in [3.05, 3.63) is 47.5 Å². The van der Waals surface area contributed by atoms with Crippen molar-refractivity contribution in [1.29, 1.82) is 0 Å². The van der Waals surface area contributed by atoms with Crippen molar-refractivity contribution >= 4 is 21.6 Å². The molecule has 2 aromatic carbocycles. The number of carbonyl (C=O) groups is 1. The zero-order valence-electron chi connectivity index (χ0n) is 16.2. The minimum atomic E-state index is -3.93. The highest BCUT2D eigenvalue weighted by Gasteiger charge is 2.25. The van der Waals surface area contributed by atoms with Crippen LogP contribution in [0.5, 0.6) is 11.5 Å². The molecule has 0 spiro atoms. The molecule has 0 aromatic heterocycles. The van der Waals surface area contributed by atoms with Crippen molar-refractivity contribution in [3.63, 3.8) is 0 Å². The van der Waals surface area contributed by atoms with E-state index in [1.54, 1.807) is 30.0 Å². The van der Waals surface area contributed by atoms with Gasteiger partial charge in [-0.2, -0.15) is 0 Å². The molecule has 1 amide bonds. The van der Waals surface area contributed by atoms with Gasteiger partial charge in [0.15, 0.2) is 11.5 Å². The first kappa shape index (κ1) is 20.0. The van der Waals surface area contributed by atoms with Gasteiger partial charge in [-0.05, 0) is 43.5 Å². The summed E-state index contributed by atoms with van der Waals surface area (Å²) in [4.78, 5) is 14.7. The molecule has 28 heavy (non-hydrogen) atoms. The molecule has 8 heteroatoms. The van der Waals surface area contributed by atoms with Crippen LogP contribution < -0.4 is 14.2 Å². The summed E-state index contributed by atoms with van der Waals surface area (Å²) in [6, 6.07) is 9.53. The van der Waals surface area contributed by atoms with Gasteiger partial charge in [0, 0.05) is 19.2 Å². The van der Waals surface area contributed by atoms with Gasteiger partial charge in [-0.1, -0.05) is 12.1 Å². The van der Waals surface area contributed by atoms with Gasteiger partial charge in [0.05, 0.1) is 30.4 Å². The first-order valence-electron chi connectivity index (χ1n) is 9.01. The number of methoxy groups -OCH3 is 2. The number of likely N-dealkylation sites (tertiary alicyclic amines) is 1. The number of para-hydroxylation sites is 1. The Morgan fingerprint density at radius 2 is 1.71 bits per heavy atom. The molecule has 0 bridgehead atoms. The Hall–Kier alpha value is -2.74. The molecule has 2 aromatic rings. The van der Waals surface area contributed by atoms with E-state index in [-0.39, 0.29) is 10.8 Å². The molecule has 0 saturated carbocycles. The Bertz CT molecular complexity index is 982. The molecule has 3 rings (SSSR count). The Kier molecular flexibility index (Phi) is 5.79. The third-order valence-corrected chi connectivity index (χ3v) is 6.15. The fourth-order valence-electron chi connectivity index (χ4n) is 3.25. The standard InChI is InChI=1S/C20H24N2O5S/c1-14-7-6-8-16(20(23)22-11-4-5-12-22)19(14)21-28(24,25)15-9-10-17(26-2)18(13-15)27-3/h6-10,13,21H,4-5,11-12H2,1-3H3. The summed E-state index contributed by atoms with van der Waals surface area (Å²) in [5.74, 6) is 0.581. The minimum absolute atomic E-state index is 0.0213. The first-order valence-corrected chi connectivity index (χ1v) is 10.5. The van der Waals surface area contributed by atoms with Crippen molar-refractivity contribution < 1.29 is 22.7 Å². The number of aryl methyl sites for hydroxylation is 1. The Labute approximate surface area is 165 Å². The van der Waals surface area contributed by atoms with Crippen molar-refractivity contribution in [3.8, 4) is 11.5 Å². The number of amides is 1. The van der Waals surface area contributed by atoms with E-state index in [0.717, 1.165) is 12.8 Å². The highest BCUT2D eigenvalue weighted by atomic mass is 32.2. The van der Waals surface area contributed by atoms with E-state index in [1.165, 1.54) is 32.4 Å². The van der Waals surface area contributed by atoms with Crippen molar-refractivity contribution in [2.45, 2.75) is 24.7 Å². The van der Waals surface area contributed by atoms with Crippen LogP contribution in [0.1, 0.15) is 28.8 Å². The van der Waals surface area contributed by atoms with Gasteiger partial charge in [0.25, 0.3) is 15.9 Å². The largest absolute Gasteiger partial charge is 0.493 e. The summed E-state index contributed by atoms with van der Waals surface area (Å²) < 4.78 is 38.9. The quantitative estimate of drug-likeness (QED) is 0.800. The van der Waals surface area contributed by atoms with E-state index >= 15 is 0 Å². The topological polar surface area (TPSA) is 84.9 Å². The third kappa shape index (κ3) is 3.91. The predicted octanol–water partition coefficient (Wildman–Crippen LogP) is 3.05. The molecule has 0 atom stereocenters. The fraction of sp³-hybridized carbons (Fsp3) is 0.350. The van der Waals surface area contributed by atoms with Crippen LogP contribution in [0.2, 0.25) is 0 Å². The van der Waals surface area contributed by atoms with E-state index < -0.39 is 10.0 Å². The molecular formula is C20H24N2O5S. The van der Waals surface area contributed by atoms with Crippen LogP contribution in [0, 0.1) is 6.92 Å². The zero-order valence-corrected chi connectivity index (χ0v) is 17.0. The molecular weight excluding hydrogens is 380 g/mol. The normalized spacial score (nSPS) is 14.0. The second-order valence-corrected chi connectivity index (χ2v) is 8.30.